The number of carboxylic acid groups (broad SMARTS) is 1. The fourth-order valence-electron chi connectivity index (χ4n) is 3.44. The lowest BCUT2D eigenvalue weighted by atomic mass is 9.96. The van der Waals surface area contributed by atoms with E-state index in [2.05, 4.69) is 31.2 Å². The Balaban J connectivity index is 1.71. The molecule has 1 aromatic carbocycles. The van der Waals surface area contributed by atoms with Crippen molar-refractivity contribution in [2.45, 2.75) is 89.8 Å². The van der Waals surface area contributed by atoms with E-state index in [-0.39, 0.29) is 6.10 Å². The van der Waals surface area contributed by atoms with E-state index in [0.29, 0.717) is 6.42 Å². The highest BCUT2D eigenvalue weighted by Crippen LogP contribution is 2.31. The van der Waals surface area contributed by atoms with Crippen LogP contribution < -0.4 is 0 Å². The van der Waals surface area contributed by atoms with Crippen molar-refractivity contribution in [1.82, 2.24) is 0 Å². The first kappa shape index (κ1) is 19.0. The number of carboxylic acids is 1. The molecule has 1 saturated heterocycles. The van der Waals surface area contributed by atoms with E-state index in [0.717, 1.165) is 24.8 Å². The summed E-state index contributed by atoms with van der Waals surface area (Å²) in [4.78, 5) is 11.1. The first-order chi connectivity index (χ1) is 11.7. The van der Waals surface area contributed by atoms with E-state index in [1.807, 2.05) is 0 Å². The van der Waals surface area contributed by atoms with Gasteiger partial charge in [0.05, 0.1) is 6.10 Å². The number of benzene rings is 1. The van der Waals surface area contributed by atoms with Gasteiger partial charge in [-0.05, 0) is 43.2 Å². The van der Waals surface area contributed by atoms with E-state index < -0.39 is 12.1 Å². The van der Waals surface area contributed by atoms with E-state index >= 15 is 0 Å². The smallest absolute Gasteiger partial charge is 0.332 e. The second kappa shape index (κ2) is 10.5. The Labute approximate surface area is 146 Å². The molecule has 24 heavy (non-hydrogen) atoms. The summed E-state index contributed by atoms with van der Waals surface area (Å²) >= 11 is 0. The van der Waals surface area contributed by atoms with Crippen molar-refractivity contribution >= 4 is 5.97 Å². The molecule has 3 heteroatoms. The number of hydrogen-bond donors (Lipinski definition) is 1. The fourth-order valence-corrected chi connectivity index (χ4v) is 3.44. The Morgan fingerprint density at radius 3 is 2.38 bits per heavy atom. The molecule has 134 valence electrons. The predicted molar refractivity (Wildman–Crippen MR) is 97.2 cm³/mol. The minimum atomic E-state index is -0.838. The molecule has 0 radical (unpaired) electrons. The van der Waals surface area contributed by atoms with E-state index in [9.17, 15) is 4.79 Å². The number of hydrogen-bond acceptors (Lipinski definition) is 2. The van der Waals surface area contributed by atoms with Crippen molar-refractivity contribution in [2.24, 2.45) is 0 Å². The SMILES string of the molecule is CCCCCCCCCc1ccc(C2CCCC(C(=O)O)O2)cc1. The van der Waals surface area contributed by atoms with Crippen LogP contribution in [0.25, 0.3) is 0 Å². The van der Waals surface area contributed by atoms with Crippen LogP contribution in [0.4, 0.5) is 0 Å². The molecule has 2 unspecified atom stereocenters. The van der Waals surface area contributed by atoms with Crippen LogP contribution in [0.5, 0.6) is 0 Å². The van der Waals surface area contributed by atoms with Crippen LogP contribution in [0.2, 0.25) is 0 Å². The Morgan fingerprint density at radius 2 is 1.71 bits per heavy atom. The summed E-state index contributed by atoms with van der Waals surface area (Å²) in [5.74, 6) is -0.838. The third kappa shape index (κ3) is 6.27. The minimum Gasteiger partial charge on any atom is -0.479 e. The van der Waals surface area contributed by atoms with Crippen LogP contribution >= 0.6 is 0 Å². The number of rotatable bonds is 10. The van der Waals surface area contributed by atoms with Gasteiger partial charge >= 0.3 is 5.97 Å². The van der Waals surface area contributed by atoms with Crippen LogP contribution in [-0.2, 0) is 16.0 Å². The molecule has 0 spiro atoms. The second-order valence-electron chi connectivity index (χ2n) is 7.00. The van der Waals surface area contributed by atoms with E-state index in [4.69, 9.17) is 9.84 Å². The number of aliphatic carboxylic acids is 1. The van der Waals surface area contributed by atoms with Gasteiger partial charge in [-0.3, -0.25) is 0 Å². The average molecular weight is 332 g/mol. The maximum atomic E-state index is 11.1. The monoisotopic (exact) mass is 332 g/mol. The zero-order valence-corrected chi connectivity index (χ0v) is 15.0. The lowest BCUT2D eigenvalue weighted by Crippen LogP contribution is -2.29. The Morgan fingerprint density at radius 1 is 1.04 bits per heavy atom. The van der Waals surface area contributed by atoms with Crippen LogP contribution in [0, 0.1) is 0 Å². The topological polar surface area (TPSA) is 46.5 Å². The highest BCUT2D eigenvalue weighted by molar-refractivity contribution is 5.72. The number of unbranched alkanes of at least 4 members (excludes halogenated alkanes) is 6. The van der Waals surface area contributed by atoms with Gasteiger partial charge in [0, 0.05) is 0 Å². The van der Waals surface area contributed by atoms with Crippen molar-refractivity contribution in [3.8, 4) is 0 Å². The summed E-state index contributed by atoms with van der Waals surface area (Å²) in [6.45, 7) is 2.25. The van der Waals surface area contributed by atoms with Gasteiger partial charge in [0.15, 0.2) is 6.10 Å². The van der Waals surface area contributed by atoms with Crippen molar-refractivity contribution in [3.05, 3.63) is 35.4 Å². The first-order valence-corrected chi connectivity index (χ1v) is 9.68. The van der Waals surface area contributed by atoms with Crippen LogP contribution in [-0.4, -0.2) is 17.2 Å². The van der Waals surface area contributed by atoms with Crippen molar-refractivity contribution < 1.29 is 14.6 Å². The van der Waals surface area contributed by atoms with Crippen molar-refractivity contribution in [2.75, 3.05) is 0 Å². The van der Waals surface area contributed by atoms with E-state index in [1.54, 1.807) is 0 Å². The maximum Gasteiger partial charge on any atom is 0.332 e. The summed E-state index contributed by atoms with van der Waals surface area (Å²) in [7, 11) is 0. The Kier molecular flexibility index (Phi) is 8.31. The third-order valence-electron chi connectivity index (χ3n) is 4.96. The fraction of sp³-hybridized carbons (Fsp3) is 0.667. The highest BCUT2D eigenvalue weighted by Gasteiger charge is 2.28. The minimum absolute atomic E-state index is 0.0625. The van der Waals surface area contributed by atoms with Gasteiger partial charge in [0.2, 0.25) is 0 Å². The molecule has 1 N–H and O–H groups in total. The Hall–Kier alpha value is -1.35. The van der Waals surface area contributed by atoms with Crippen LogP contribution in [0.15, 0.2) is 24.3 Å². The standard InChI is InChI=1S/C21H32O3/c1-2-3-4-5-6-7-8-10-17-13-15-18(16-14-17)19-11-9-12-20(24-19)21(22)23/h13-16,19-20H,2-12H2,1H3,(H,22,23). The average Bonchev–Trinajstić information content (AvgIpc) is 2.61. The van der Waals surface area contributed by atoms with Gasteiger partial charge in [-0.1, -0.05) is 69.7 Å². The van der Waals surface area contributed by atoms with Gasteiger partial charge in [-0.2, -0.15) is 0 Å². The zero-order valence-electron chi connectivity index (χ0n) is 15.0. The molecular formula is C21H32O3. The zero-order chi connectivity index (χ0) is 17.2. The van der Waals surface area contributed by atoms with Crippen LogP contribution in [0.3, 0.4) is 0 Å². The third-order valence-corrected chi connectivity index (χ3v) is 4.96. The lowest BCUT2D eigenvalue weighted by molar-refractivity contribution is -0.159. The molecule has 1 aliphatic rings. The van der Waals surface area contributed by atoms with Gasteiger partial charge in [0.1, 0.15) is 0 Å². The summed E-state index contributed by atoms with van der Waals surface area (Å²) in [6.07, 6.45) is 12.2. The molecular weight excluding hydrogens is 300 g/mol. The number of aryl methyl sites for hydroxylation is 1. The molecule has 2 rings (SSSR count). The van der Waals surface area contributed by atoms with Crippen molar-refractivity contribution in [1.29, 1.82) is 0 Å². The molecule has 1 aromatic rings. The van der Waals surface area contributed by atoms with Gasteiger partial charge in [-0.15, -0.1) is 0 Å². The van der Waals surface area contributed by atoms with Crippen LogP contribution in [0.1, 0.15) is 88.4 Å². The second-order valence-corrected chi connectivity index (χ2v) is 7.00. The van der Waals surface area contributed by atoms with Crippen molar-refractivity contribution in [3.63, 3.8) is 0 Å². The van der Waals surface area contributed by atoms with Gasteiger partial charge in [0.25, 0.3) is 0 Å². The van der Waals surface area contributed by atoms with Gasteiger partial charge in [-0.25, -0.2) is 4.79 Å². The van der Waals surface area contributed by atoms with E-state index in [1.165, 1.54) is 50.5 Å². The lowest BCUT2D eigenvalue weighted by Gasteiger charge is -2.28. The molecule has 0 aromatic heterocycles. The molecule has 0 amide bonds. The molecule has 1 aliphatic heterocycles. The molecule has 1 fully saturated rings. The summed E-state index contributed by atoms with van der Waals surface area (Å²) in [5, 5.41) is 9.11. The predicted octanol–water partition coefficient (Wildman–Crippen LogP) is 5.67. The molecule has 0 bridgehead atoms. The summed E-state index contributed by atoms with van der Waals surface area (Å²) < 4.78 is 5.72. The normalized spacial score (nSPS) is 20.9. The highest BCUT2D eigenvalue weighted by atomic mass is 16.5. The quantitative estimate of drug-likeness (QED) is 0.561. The first-order valence-electron chi connectivity index (χ1n) is 9.68. The molecule has 2 atom stereocenters. The maximum absolute atomic E-state index is 11.1. The largest absolute Gasteiger partial charge is 0.479 e. The summed E-state index contributed by atoms with van der Waals surface area (Å²) in [6, 6.07) is 8.59. The number of carbonyl (C=O) groups is 1. The number of ether oxygens (including phenoxy) is 1. The molecule has 0 saturated carbocycles. The molecule has 1 heterocycles. The summed E-state index contributed by atoms with van der Waals surface area (Å²) in [5.41, 5.74) is 2.49. The molecule has 3 nitrogen and oxygen atoms in total. The Bertz CT molecular complexity index is 480. The molecule has 0 aliphatic carbocycles. The van der Waals surface area contributed by atoms with Gasteiger partial charge < -0.3 is 9.84 Å².